The lowest BCUT2D eigenvalue weighted by atomic mass is 10.2. The Morgan fingerprint density at radius 2 is 2.05 bits per heavy atom. The third-order valence-corrected chi connectivity index (χ3v) is 3.62. The average molecular weight is 289 g/mol. The highest BCUT2D eigenvalue weighted by atomic mass is 16.5. The molecule has 1 aromatic carbocycles. The summed E-state index contributed by atoms with van der Waals surface area (Å²) in [5, 5.41) is 3.42. The van der Waals surface area contributed by atoms with Crippen LogP contribution in [-0.2, 0) is 9.47 Å². The Labute approximate surface area is 128 Å². The lowest BCUT2D eigenvalue weighted by molar-refractivity contribution is -0.00793. The topological polar surface area (TPSA) is 30.5 Å². The van der Waals surface area contributed by atoms with Crippen LogP contribution in [0.15, 0.2) is 36.4 Å². The van der Waals surface area contributed by atoms with Gasteiger partial charge in [-0.15, -0.1) is 0 Å². The standard InChI is InChI=1S/C18H27NO2/c1-2-12-19-14-17-10-11-18(21-17)15-20-13-6-9-16-7-4-3-5-8-16/h3-9,17-19H,2,10-15H2,1H3. The van der Waals surface area contributed by atoms with Gasteiger partial charge in [-0.1, -0.05) is 49.4 Å². The van der Waals surface area contributed by atoms with E-state index in [2.05, 4.69) is 36.5 Å². The molecular weight excluding hydrogens is 262 g/mol. The molecule has 1 aliphatic rings. The summed E-state index contributed by atoms with van der Waals surface area (Å²) in [5.41, 5.74) is 1.21. The van der Waals surface area contributed by atoms with Gasteiger partial charge in [-0.05, 0) is 31.4 Å². The molecule has 21 heavy (non-hydrogen) atoms. The Morgan fingerprint density at radius 3 is 2.86 bits per heavy atom. The minimum Gasteiger partial charge on any atom is -0.375 e. The Morgan fingerprint density at radius 1 is 1.24 bits per heavy atom. The summed E-state index contributed by atoms with van der Waals surface area (Å²) in [5.74, 6) is 0. The molecule has 0 aliphatic carbocycles. The average Bonchev–Trinajstić information content (AvgIpc) is 2.96. The number of hydrogen-bond acceptors (Lipinski definition) is 3. The van der Waals surface area contributed by atoms with Crippen LogP contribution in [0, 0.1) is 0 Å². The van der Waals surface area contributed by atoms with Crippen molar-refractivity contribution in [2.24, 2.45) is 0 Å². The molecule has 1 heterocycles. The summed E-state index contributed by atoms with van der Waals surface area (Å²) in [6.45, 7) is 5.57. The van der Waals surface area contributed by atoms with Crippen molar-refractivity contribution >= 4 is 6.08 Å². The van der Waals surface area contributed by atoms with Crippen molar-refractivity contribution in [1.29, 1.82) is 0 Å². The van der Waals surface area contributed by atoms with E-state index in [1.54, 1.807) is 0 Å². The van der Waals surface area contributed by atoms with Crippen molar-refractivity contribution in [2.75, 3.05) is 26.3 Å². The minimum atomic E-state index is 0.267. The minimum absolute atomic E-state index is 0.267. The van der Waals surface area contributed by atoms with Crippen LogP contribution < -0.4 is 5.32 Å². The molecule has 1 fully saturated rings. The van der Waals surface area contributed by atoms with E-state index in [4.69, 9.17) is 9.47 Å². The lowest BCUT2D eigenvalue weighted by Crippen LogP contribution is -2.28. The second-order valence-corrected chi connectivity index (χ2v) is 5.51. The molecule has 3 heteroatoms. The van der Waals surface area contributed by atoms with E-state index in [-0.39, 0.29) is 6.10 Å². The fraction of sp³-hybridized carbons (Fsp3) is 0.556. The normalized spacial score (nSPS) is 22.1. The van der Waals surface area contributed by atoms with E-state index in [1.807, 2.05) is 18.2 Å². The van der Waals surface area contributed by atoms with Gasteiger partial charge in [0.15, 0.2) is 0 Å². The van der Waals surface area contributed by atoms with E-state index < -0.39 is 0 Å². The van der Waals surface area contributed by atoms with Gasteiger partial charge in [0.1, 0.15) is 0 Å². The molecule has 0 radical (unpaired) electrons. The quantitative estimate of drug-likeness (QED) is 0.708. The van der Waals surface area contributed by atoms with Crippen molar-refractivity contribution in [3.63, 3.8) is 0 Å². The van der Waals surface area contributed by atoms with Crippen LogP contribution in [0.5, 0.6) is 0 Å². The largest absolute Gasteiger partial charge is 0.375 e. The Hall–Kier alpha value is -1.16. The highest BCUT2D eigenvalue weighted by Gasteiger charge is 2.24. The first kappa shape index (κ1) is 16.2. The first-order chi connectivity index (χ1) is 10.4. The highest BCUT2D eigenvalue weighted by Crippen LogP contribution is 2.19. The summed E-state index contributed by atoms with van der Waals surface area (Å²) >= 11 is 0. The predicted octanol–water partition coefficient (Wildman–Crippen LogP) is 3.26. The summed E-state index contributed by atoms with van der Waals surface area (Å²) in [6.07, 6.45) is 8.21. The lowest BCUT2D eigenvalue weighted by Gasteiger charge is -2.14. The molecule has 2 unspecified atom stereocenters. The maximum absolute atomic E-state index is 5.96. The molecule has 0 aromatic heterocycles. The van der Waals surface area contributed by atoms with Gasteiger partial charge < -0.3 is 14.8 Å². The van der Waals surface area contributed by atoms with Gasteiger partial charge in [0, 0.05) is 6.54 Å². The molecule has 0 amide bonds. The van der Waals surface area contributed by atoms with Gasteiger partial charge in [-0.25, -0.2) is 0 Å². The zero-order chi connectivity index (χ0) is 14.8. The fourth-order valence-corrected chi connectivity index (χ4v) is 2.51. The first-order valence-electron chi connectivity index (χ1n) is 8.04. The van der Waals surface area contributed by atoms with Crippen molar-refractivity contribution < 1.29 is 9.47 Å². The Balaban J connectivity index is 1.54. The smallest absolute Gasteiger partial charge is 0.0814 e. The van der Waals surface area contributed by atoms with E-state index in [0.717, 1.165) is 25.9 Å². The summed E-state index contributed by atoms with van der Waals surface area (Å²) < 4.78 is 11.6. The number of ether oxygens (including phenoxy) is 2. The van der Waals surface area contributed by atoms with Crippen LogP contribution in [0.3, 0.4) is 0 Å². The predicted molar refractivity (Wildman–Crippen MR) is 87.4 cm³/mol. The molecule has 1 aliphatic heterocycles. The molecule has 3 nitrogen and oxygen atoms in total. The molecule has 0 saturated carbocycles. The number of benzene rings is 1. The second-order valence-electron chi connectivity index (χ2n) is 5.51. The van der Waals surface area contributed by atoms with Crippen LogP contribution in [-0.4, -0.2) is 38.5 Å². The summed E-state index contributed by atoms with van der Waals surface area (Å²) in [7, 11) is 0. The van der Waals surface area contributed by atoms with Crippen molar-refractivity contribution in [3.8, 4) is 0 Å². The van der Waals surface area contributed by atoms with Crippen molar-refractivity contribution in [2.45, 2.75) is 38.4 Å². The highest BCUT2D eigenvalue weighted by molar-refractivity contribution is 5.48. The Kier molecular flexibility index (Phi) is 7.50. The summed E-state index contributed by atoms with van der Waals surface area (Å²) in [4.78, 5) is 0. The molecule has 2 atom stereocenters. The van der Waals surface area contributed by atoms with Crippen LogP contribution >= 0.6 is 0 Å². The zero-order valence-corrected chi connectivity index (χ0v) is 13.0. The third kappa shape index (κ3) is 6.42. The Bertz CT molecular complexity index is 405. The molecule has 1 aromatic rings. The third-order valence-electron chi connectivity index (χ3n) is 3.62. The monoisotopic (exact) mass is 289 g/mol. The van der Waals surface area contributed by atoms with Crippen LogP contribution in [0.1, 0.15) is 31.7 Å². The number of hydrogen-bond donors (Lipinski definition) is 1. The maximum atomic E-state index is 5.96. The fourth-order valence-electron chi connectivity index (χ4n) is 2.51. The number of rotatable bonds is 9. The van der Waals surface area contributed by atoms with E-state index in [1.165, 1.54) is 12.0 Å². The van der Waals surface area contributed by atoms with Crippen LogP contribution in [0.25, 0.3) is 6.08 Å². The molecule has 1 N–H and O–H groups in total. The first-order valence-corrected chi connectivity index (χ1v) is 8.04. The molecular formula is C18H27NO2. The van der Waals surface area contributed by atoms with E-state index in [0.29, 0.717) is 19.3 Å². The molecule has 116 valence electrons. The van der Waals surface area contributed by atoms with Gasteiger partial charge in [0.25, 0.3) is 0 Å². The zero-order valence-electron chi connectivity index (χ0n) is 13.0. The van der Waals surface area contributed by atoms with Gasteiger partial charge in [0.05, 0.1) is 25.4 Å². The summed E-state index contributed by atoms with van der Waals surface area (Å²) in [6, 6.07) is 10.3. The van der Waals surface area contributed by atoms with Gasteiger partial charge in [0.2, 0.25) is 0 Å². The molecule has 0 spiro atoms. The van der Waals surface area contributed by atoms with Gasteiger partial charge in [-0.3, -0.25) is 0 Å². The maximum Gasteiger partial charge on any atom is 0.0814 e. The second kappa shape index (κ2) is 9.72. The molecule has 2 rings (SSSR count). The van der Waals surface area contributed by atoms with E-state index in [9.17, 15) is 0 Å². The molecule has 1 saturated heterocycles. The van der Waals surface area contributed by atoms with Crippen LogP contribution in [0.2, 0.25) is 0 Å². The van der Waals surface area contributed by atoms with E-state index >= 15 is 0 Å². The van der Waals surface area contributed by atoms with Gasteiger partial charge >= 0.3 is 0 Å². The molecule has 0 bridgehead atoms. The van der Waals surface area contributed by atoms with Crippen molar-refractivity contribution in [1.82, 2.24) is 5.32 Å². The number of nitrogens with one attached hydrogen (secondary N) is 1. The van der Waals surface area contributed by atoms with Gasteiger partial charge in [-0.2, -0.15) is 0 Å². The van der Waals surface area contributed by atoms with Crippen molar-refractivity contribution in [3.05, 3.63) is 42.0 Å². The van der Waals surface area contributed by atoms with Crippen LogP contribution in [0.4, 0.5) is 0 Å². The SMILES string of the molecule is CCCNCC1CCC(COCC=Cc2ccccc2)O1.